The number of carboxylic acids is 1. The number of carbonyl (C=O) groups is 2. The van der Waals surface area contributed by atoms with Crippen LogP contribution in [0.2, 0.25) is 0 Å². The lowest BCUT2D eigenvalue weighted by atomic mass is 10.0. The normalized spacial score (nSPS) is 10.2. The molecule has 2 aromatic carbocycles. The van der Waals surface area contributed by atoms with E-state index in [2.05, 4.69) is 10.6 Å². The van der Waals surface area contributed by atoms with Gasteiger partial charge in [0.2, 0.25) is 0 Å². The predicted molar refractivity (Wildman–Crippen MR) is 121 cm³/mol. The quantitative estimate of drug-likeness (QED) is 0.239. The van der Waals surface area contributed by atoms with Crippen LogP contribution in [0.25, 0.3) is 11.3 Å². The number of benzene rings is 2. The van der Waals surface area contributed by atoms with Crippen LogP contribution in [0.3, 0.4) is 0 Å². The SMILES string of the molecule is Cc1cc(C(=O)NC(=N)c2ccc(CNCCC(=O)O)cc2)ccc1-c1ccco1.Cl. The van der Waals surface area contributed by atoms with Crippen molar-refractivity contribution in [2.24, 2.45) is 0 Å². The second-order valence-corrected chi connectivity index (χ2v) is 6.85. The molecule has 162 valence electrons. The third-order valence-electron chi connectivity index (χ3n) is 4.60. The standard InChI is InChI=1S/C23H23N3O4.ClH/c1-15-13-18(8-9-19(15)20-3-2-12-30-20)23(29)26-22(24)17-6-4-16(5-7-17)14-25-11-10-21(27)28;/h2-9,12-13,25H,10-11,14H2,1H3,(H,27,28)(H2,24,26,29);1H. The zero-order valence-corrected chi connectivity index (χ0v) is 17.8. The van der Waals surface area contributed by atoms with Gasteiger partial charge in [0.15, 0.2) is 0 Å². The van der Waals surface area contributed by atoms with Crippen LogP contribution in [-0.4, -0.2) is 29.4 Å². The molecule has 4 N–H and O–H groups in total. The number of nitrogens with one attached hydrogen (secondary N) is 3. The van der Waals surface area contributed by atoms with Gasteiger partial charge in [0.05, 0.1) is 12.7 Å². The molecule has 7 nitrogen and oxygen atoms in total. The van der Waals surface area contributed by atoms with Crippen molar-refractivity contribution < 1.29 is 19.1 Å². The number of hydrogen-bond donors (Lipinski definition) is 4. The maximum absolute atomic E-state index is 12.5. The molecule has 0 unspecified atom stereocenters. The summed E-state index contributed by atoms with van der Waals surface area (Å²) in [4.78, 5) is 23.0. The molecule has 0 radical (unpaired) electrons. The Hall–Kier alpha value is -3.42. The summed E-state index contributed by atoms with van der Waals surface area (Å²) in [6.45, 7) is 2.83. The fraction of sp³-hybridized carbons (Fsp3) is 0.174. The second-order valence-electron chi connectivity index (χ2n) is 6.85. The largest absolute Gasteiger partial charge is 0.481 e. The summed E-state index contributed by atoms with van der Waals surface area (Å²) >= 11 is 0. The number of amidine groups is 1. The molecular formula is C23H24ClN3O4. The van der Waals surface area contributed by atoms with Crippen molar-refractivity contribution in [3.63, 3.8) is 0 Å². The summed E-state index contributed by atoms with van der Waals surface area (Å²) in [5, 5.41) is 22.5. The molecule has 0 saturated carbocycles. The first-order chi connectivity index (χ1) is 14.4. The molecular weight excluding hydrogens is 418 g/mol. The number of aryl methyl sites for hydroxylation is 1. The van der Waals surface area contributed by atoms with E-state index in [4.69, 9.17) is 14.9 Å². The molecule has 0 aliphatic carbocycles. The lowest BCUT2D eigenvalue weighted by molar-refractivity contribution is -0.136. The Morgan fingerprint density at radius 2 is 1.77 bits per heavy atom. The Labute approximate surface area is 186 Å². The van der Waals surface area contributed by atoms with Gasteiger partial charge in [0.1, 0.15) is 11.6 Å². The number of carbonyl (C=O) groups excluding carboxylic acids is 1. The Balaban J connectivity index is 0.00000341. The Kier molecular flexibility index (Phi) is 8.54. The highest BCUT2D eigenvalue weighted by Gasteiger charge is 2.12. The monoisotopic (exact) mass is 441 g/mol. The molecule has 0 spiro atoms. The van der Waals surface area contributed by atoms with Crippen molar-refractivity contribution in [1.29, 1.82) is 5.41 Å². The van der Waals surface area contributed by atoms with E-state index in [9.17, 15) is 9.59 Å². The molecule has 1 aromatic heterocycles. The van der Waals surface area contributed by atoms with E-state index < -0.39 is 5.97 Å². The topological polar surface area (TPSA) is 115 Å². The summed E-state index contributed by atoms with van der Waals surface area (Å²) in [6.07, 6.45) is 1.67. The zero-order valence-electron chi connectivity index (χ0n) is 17.0. The van der Waals surface area contributed by atoms with Crippen molar-refractivity contribution in [2.75, 3.05) is 6.54 Å². The summed E-state index contributed by atoms with van der Waals surface area (Å²) in [7, 11) is 0. The molecule has 0 saturated heterocycles. The van der Waals surface area contributed by atoms with Crippen LogP contribution in [-0.2, 0) is 11.3 Å². The van der Waals surface area contributed by atoms with E-state index in [-0.39, 0.29) is 30.6 Å². The first kappa shape index (κ1) is 23.9. The molecule has 3 aromatic rings. The molecule has 3 rings (SSSR count). The smallest absolute Gasteiger partial charge is 0.304 e. The van der Waals surface area contributed by atoms with Gasteiger partial charge in [-0.3, -0.25) is 15.0 Å². The van der Waals surface area contributed by atoms with Gasteiger partial charge in [-0.15, -0.1) is 12.4 Å². The molecule has 0 fully saturated rings. The molecule has 31 heavy (non-hydrogen) atoms. The van der Waals surface area contributed by atoms with Crippen molar-refractivity contribution in [3.8, 4) is 11.3 Å². The Morgan fingerprint density at radius 3 is 2.39 bits per heavy atom. The van der Waals surface area contributed by atoms with Crippen LogP contribution in [0.5, 0.6) is 0 Å². The molecule has 1 heterocycles. The minimum absolute atomic E-state index is 0. The summed E-state index contributed by atoms with van der Waals surface area (Å²) in [5.74, 6) is -0.441. The Morgan fingerprint density at radius 1 is 1.06 bits per heavy atom. The van der Waals surface area contributed by atoms with Crippen LogP contribution in [0, 0.1) is 12.3 Å². The van der Waals surface area contributed by atoms with E-state index in [1.165, 1.54) is 0 Å². The number of rotatable bonds is 8. The van der Waals surface area contributed by atoms with Crippen LogP contribution >= 0.6 is 12.4 Å². The third-order valence-corrected chi connectivity index (χ3v) is 4.60. The van der Waals surface area contributed by atoms with E-state index in [1.807, 2.05) is 37.3 Å². The molecule has 0 atom stereocenters. The highest BCUT2D eigenvalue weighted by Crippen LogP contribution is 2.24. The maximum atomic E-state index is 12.5. The number of carboxylic acid groups (broad SMARTS) is 1. The van der Waals surface area contributed by atoms with Crippen molar-refractivity contribution >= 4 is 30.1 Å². The van der Waals surface area contributed by atoms with Crippen LogP contribution in [0.4, 0.5) is 0 Å². The number of hydrogen-bond acceptors (Lipinski definition) is 5. The van der Waals surface area contributed by atoms with Crippen molar-refractivity contribution in [3.05, 3.63) is 83.1 Å². The molecule has 8 heteroatoms. The van der Waals surface area contributed by atoms with E-state index in [0.717, 1.165) is 22.5 Å². The first-order valence-corrected chi connectivity index (χ1v) is 9.50. The predicted octanol–water partition coefficient (Wildman–Crippen LogP) is 4.00. The first-order valence-electron chi connectivity index (χ1n) is 9.50. The summed E-state index contributed by atoms with van der Waals surface area (Å²) in [6, 6.07) is 16.2. The minimum Gasteiger partial charge on any atom is -0.481 e. The molecule has 0 bridgehead atoms. The third kappa shape index (κ3) is 6.53. The van der Waals surface area contributed by atoms with Gasteiger partial charge in [-0.25, -0.2) is 0 Å². The summed E-state index contributed by atoms with van der Waals surface area (Å²) < 4.78 is 5.41. The van der Waals surface area contributed by atoms with Gasteiger partial charge in [0.25, 0.3) is 5.91 Å². The highest BCUT2D eigenvalue weighted by molar-refractivity contribution is 6.11. The second kappa shape index (κ2) is 11.1. The van der Waals surface area contributed by atoms with E-state index >= 15 is 0 Å². The van der Waals surface area contributed by atoms with Gasteiger partial charge in [-0.2, -0.15) is 0 Å². The minimum atomic E-state index is -0.840. The zero-order chi connectivity index (χ0) is 21.5. The molecule has 0 aliphatic rings. The van der Waals surface area contributed by atoms with Gasteiger partial charge in [-0.05, 0) is 42.3 Å². The lowest BCUT2D eigenvalue weighted by Crippen LogP contribution is -2.30. The van der Waals surface area contributed by atoms with Gasteiger partial charge in [-0.1, -0.05) is 30.3 Å². The fourth-order valence-corrected chi connectivity index (χ4v) is 2.99. The average molecular weight is 442 g/mol. The highest BCUT2D eigenvalue weighted by atomic mass is 35.5. The number of halogens is 1. The van der Waals surface area contributed by atoms with E-state index in [1.54, 1.807) is 30.5 Å². The van der Waals surface area contributed by atoms with Crippen LogP contribution in [0.15, 0.2) is 65.3 Å². The van der Waals surface area contributed by atoms with Crippen LogP contribution in [0.1, 0.15) is 33.5 Å². The summed E-state index contributed by atoms with van der Waals surface area (Å²) in [5.41, 5.74) is 3.84. The average Bonchev–Trinajstić information content (AvgIpc) is 3.26. The van der Waals surface area contributed by atoms with Gasteiger partial charge < -0.3 is 20.2 Å². The van der Waals surface area contributed by atoms with E-state index in [0.29, 0.717) is 24.2 Å². The molecule has 1 amide bonds. The Bertz CT molecular complexity index is 1050. The van der Waals surface area contributed by atoms with Crippen molar-refractivity contribution in [2.45, 2.75) is 19.9 Å². The maximum Gasteiger partial charge on any atom is 0.304 e. The fourth-order valence-electron chi connectivity index (χ4n) is 2.99. The number of amides is 1. The lowest BCUT2D eigenvalue weighted by Gasteiger charge is -2.10. The van der Waals surface area contributed by atoms with Gasteiger partial charge in [0, 0.05) is 29.8 Å². The number of furan rings is 1. The van der Waals surface area contributed by atoms with Crippen LogP contribution < -0.4 is 10.6 Å². The van der Waals surface area contributed by atoms with Crippen molar-refractivity contribution in [1.82, 2.24) is 10.6 Å². The number of aliphatic carboxylic acids is 1. The molecule has 0 aliphatic heterocycles. The van der Waals surface area contributed by atoms with Gasteiger partial charge >= 0.3 is 5.97 Å².